The first-order valence-electron chi connectivity index (χ1n) is 13.4. The molecule has 0 heterocycles. The van der Waals surface area contributed by atoms with Gasteiger partial charge < -0.3 is 14.8 Å². The molecule has 1 N–H and O–H groups in total. The molecule has 0 aliphatic heterocycles. The molecular weight excluding hydrogens is 492 g/mol. The van der Waals surface area contributed by atoms with Gasteiger partial charge in [-0.25, -0.2) is 0 Å². The lowest BCUT2D eigenvalue weighted by Crippen LogP contribution is -2.26. The van der Waals surface area contributed by atoms with Gasteiger partial charge in [0.15, 0.2) is 0 Å². The SMILES string of the molecule is COC(=O)CCNC(=O)c1ccc(C(CC(C)C)Oc2ccc(-c3ccc(C(C)C)cc3)c(CN=O)c2)cc1. The normalized spacial score (nSPS) is 11.8. The average molecular weight is 531 g/mol. The summed E-state index contributed by atoms with van der Waals surface area (Å²) in [6.45, 7) is 8.84. The number of esters is 1. The lowest BCUT2D eigenvalue weighted by Gasteiger charge is -2.22. The smallest absolute Gasteiger partial charge is 0.307 e. The third-order valence-electron chi connectivity index (χ3n) is 6.55. The first-order chi connectivity index (χ1) is 18.7. The maximum Gasteiger partial charge on any atom is 0.307 e. The number of rotatable bonds is 13. The summed E-state index contributed by atoms with van der Waals surface area (Å²) in [5.74, 6) is 0.842. The molecule has 0 fully saturated rings. The van der Waals surface area contributed by atoms with Crippen molar-refractivity contribution in [2.75, 3.05) is 13.7 Å². The summed E-state index contributed by atoms with van der Waals surface area (Å²) in [5, 5.41) is 5.88. The van der Waals surface area contributed by atoms with Crippen molar-refractivity contribution in [2.24, 2.45) is 11.1 Å². The van der Waals surface area contributed by atoms with E-state index in [0.717, 1.165) is 28.7 Å². The van der Waals surface area contributed by atoms with Gasteiger partial charge in [-0.2, -0.15) is 4.91 Å². The van der Waals surface area contributed by atoms with Gasteiger partial charge in [0.2, 0.25) is 0 Å². The number of nitroso groups, excluding NO2 is 1. The van der Waals surface area contributed by atoms with E-state index in [1.165, 1.54) is 12.7 Å². The molecule has 1 unspecified atom stereocenters. The molecule has 3 aromatic rings. The Morgan fingerprint density at radius 2 is 1.56 bits per heavy atom. The van der Waals surface area contributed by atoms with Gasteiger partial charge in [0.1, 0.15) is 18.4 Å². The summed E-state index contributed by atoms with van der Waals surface area (Å²) in [6, 6.07) is 21.5. The number of nitrogens with one attached hydrogen (secondary N) is 1. The van der Waals surface area contributed by atoms with Crippen molar-refractivity contribution in [3.8, 4) is 16.9 Å². The predicted molar refractivity (Wildman–Crippen MR) is 154 cm³/mol. The monoisotopic (exact) mass is 530 g/mol. The van der Waals surface area contributed by atoms with Crippen LogP contribution in [0.3, 0.4) is 0 Å². The lowest BCUT2D eigenvalue weighted by atomic mass is 9.95. The van der Waals surface area contributed by atoms with Crippen LogP contribution in [-0.4, -0.2) is 25.5 Å². The van der Waals surface area contributed by atoms with Crippen LogP contribution in [0.4, 0.5) is 0 Å². The first-order valence-corrected chi connectivity index (χ1v) is 13.4. The van der Waals surface area contributed by atoms with Crippen LogP contribution in [-0.2, 0) is 16.1 Å². The van der Waals surface area contributed by atoms with Crippen molar-refractivity contribution in [3.63, 3.8) is 0 Å². The average Bonchev–Trinajstić information content (AvgIpc) is 2.93. The van der Waals surface area contributed by atoms with Gasteiger partial charge in [0, 0.05) is 12.1 Å². The van der Waals surface area contributed by atoms with Gasteiger partial charge in [-0.05, 0) is 70.3 Å². The van der Waals surface area contributed by atoms with Gasteiger partial charge in [-0.3, -0.25) is 9.59 Å². The third-order valence-corrected chi connectivity index (χ3v) is 6.55. The molecule has 0 aromatic heterocycles. The second kappa shape index (κ2) is 14.2. The summed E-state index contributed by atoms with van der Waals surface area (Å²) in [4.78, 5) is 35.0. The minimum absolute atomic E-state index is 0.0487. The first kappa shape index (κ1) is 29.6. The molecule has 3 aromatic carbocycles. The van der Waals surface area contributed by atoms with Gasteiger partial charge in [0.05, 0.1) is 13.5 Å². The van der Waals surface area contributed by atoms with Gasteiger partial charge >= 0.3 is 5.97 Å². The highest BCUT2D eigenvalue weighted by Gasteiger charge is 2.18. The molecule has 7 nitrogen and oxygen atoms in total. The van der Waals surface area contributed by atoms with Crippen molar-refractivity contribution in [1.82, 2.24) is 5.32 Å². The summed E-state index contributed by atoms with van der Waals surface area (Å²) in [6.07, 6.45) is 0.646. The van der Waals surface area contributed by atoms with E-state index < -0.39 is 0 Å². The molecule has 39 heavy (non-hydrogen) atoms. The van der Waals surface area contributed by atoms with Crippen molar-refractivity contribution in [2.45, 2.75) is 59.1 Å². The highest BCUT2D eigenvalue weighted by Crippen LogP contribution is 2.33. The molecule has 206 valence electrons. The molecule has 3 rings (SSSR count). The third kappa shape index (κ3) is 8.50. The predicted octanol–water partition coefficient (Wildman–Crippen LogP) is 7.20. The molecule has 1 atom stereocenters. The standard InChI is InChI=1S/C32H38N2O5/c1-21(2)18-30(25-10-12-26(13-11-25)32(36)33-17-16-31(35)38-5)39-28-14-15-29(27(19-28)20-34-37)24-8-6-23(7-9-24)22(3)4/h6-15,19,21-22,30H,16-18,20H2,1-5H3,(H,33,36). The van der Waals surface area contributed by atoms with Crippen molar-refractivity contribution >= 4 is 11.9 Å². The van der Waals surface area contributed by atoms with E-state index in [-0.39, 0.29) is 37.5 Å². The zero-order chi connectivity index (χ0) is 28.4. The van der Waals surface area contributed by atoms with Crippen molar-refractivity contribution < 1.29 is 19.1 Å². The molecular formula is C32H38N2O5. The number of hydrogen-bond donors (Lipinski definition) is 1. The maximum atomic E-state index is 12.4. The van der Waals surface area contributed by atoms with Crippen LogP contribution in [0.25, 0.3) is 11.1 Å². The van der Waals surface area contributed by atoms with E-state index in [1.807, 2.05) is 30.3 Å². The number of carbonyl (C=O) groups excluding carboxylic acids is 2. The minimum atomic E-state index is -0.372. The van der Waals surface area contributed by atoms with E-state index in [4.69, 9.17) is 4.74 Å². The van der Waals surface area contributed by atoms with Crippen LogP contribution in [0.5, 0.6) is 5.75 Å². The molecule has 0 saturated carbocycles. The summed E-state index contributed by atoms with van der Waals surface area (Å²) in [7, 11) is 1.32. The molecule has 0 aliphatic carbocycles. The summed E-state index contributed by atoms with van der Waals surface area (Å²) >= 11 is 0. The van der Waals surface area contributed by atoms with E-state index in [0.29, 0.717) is 23.1 Å². The Labute approximate surface area is 230 Å². The molecule has 0 radical (unpaired) electrons. The zero-order valence-electron chi connectivity index (χ0n) is 23.4. The van der Waals surface area contributed by atoms with Crippen LogP contribution >= 0.6 is 0 Å². The second-order valence-corrected chi connectivity index (χ2v) is 10.3. The highest BCUT2D eigenvalue weighted by atomic mass is 16.5. The van der Waals surface area contributed by atoms with Crippen LogP contribution in [0.2, 0.25) is 0 Å². The van der Waals surface area contributed by atoms with E-state index in [2.05, 4.69) is 67.2 Å². The number of benzene rings is 3. The lowest BCUT2D eigenvalue weighted by molar-refractivity contribution is -0.140. The largest absolute Gasteiger partial charge is 0.486 e. The summed E-state index contributed by atoms with van der Waals surface area (Å²) < 4.78 is 11.0. The number of nitrogens with zero attached hydrogens (tertiary/aromatic N) is 1. The molecule has 0 saturated heterocycles. The Kier molecular flexibility index (Phi) is 10.8. The second-order valence-electron chi connectivity index (χ2n) is 10.3. The quantitative estimate of drug-likeness (QED) is 0.186. The fourth-order valence-corrected chi connectivity index (χ4v) is 4.35. The molecule has 1 amide bonds. The van der Waals surface area contributed by atoms with E-state index >= 15 is 0 Å². The molecule has 0 spiro atoms. The highest BCUT2D eigenvalue weighted by molar-refractivity contribution is 5.94. The number of carbonyl (C=O) groups is 2. The van der Waals surface area contributed by atoms with E-state index in [9.17, 15) is 14.5 Å². The van der Waals surface area contributed by atoms with Crippen molar-refractivity contribution in [1.29, 1.82) is 0 Å². The molecule has 7 heteroatoms. The van der Waals surface area contributed by atoms with Crippen LogP contribution < -0.4 is 10.1 Å². The molecule has 0 aliphatic rings. The number of methoxy groups -OCH3 is 1. The van der Waals surface area contributed by atoms with E-state index in [1.54, 1.807) is 12.1 Å². The van der Waals surface area contributed by atoms with Crippen LogP contribution in [0, 0.1) is 10.8 Å². The van der Waals surface area contributed by atoms with Crippen LogP contribution in [0.1, 0.15) is 79.6 Å². The van der Waals surface area contributed by atoms with Crippen molar-refractivity contribution in [3.05, 3.63) is 93.9 Å². The Hall–Kier alpha value is -4.00. The Bertz CT molecular complexity index is 1250. The maximum absolute atomic E-state index is 12.4. The number of ether oxygens (including phenoxy) is 2. The topological polar surface area (TPSA) is 94.1 Å². The minimum Gasteiger partial charge on any atom is -0.486 e. The van der Waals surface area contributed by atoms with Gasteiger partial charge in [-0.1, -0.05) is 75.3 Å². The Balaban J connectivity index is 1.79. The van der Waals surface area contributed by atoms with Gasteiger partial charge in [0.25, 0.3) is 5.91 Å². The fraction of sp³-hybridized carbons (Fsp3) is 0.375. The van der Waals surface area contributed by atoms with Gasteiger partial charge in [-0.15, -0.1) is 0 Å². The summed E-state index contributed by atoms with van der Waals surface area (Å²) in [5.41, 5.74) is 5.50. The Morgan fingerprint density at radius 1 is 0.897 bits per heavy atom. The molecule has 0 bridgehead atoms. The Morgan fingerprint density at radius 3 is 2.15 bits per heavy atom. The van der Waals surface area contributed by atoms with Crippen LogP contribution in [0.15, 0.2) is 71.9 Å². The zero-order valence-corrected chi connectivity index (χ0v) is 23.4. The fourth-order valence-electron chi connectivity index (χ4n) is 4.35. The number of amides is 1. The number of hydrogen-bond acceptors (Lipinski definition) is 6.